The van der Waals surface area contributed by atoms with Crippen LogP contribution in [0.4, 0.5) is 30.6 Å². The fourth-order valence-corrected chi connectivity index (χ4v) is 3.04. The highest BCUT2D eigenvalue weighted by Crippen LogP contribution is 2.28. The van der Waals surface area contributed by atoms with E-state index in [1.807, 2.05) is 0 Å². The van der Waals surface area contributed by atoms with E-state index >= 15 is 0 Å². The lowest BCUT2D eigenvalue weighted by molar-refractivity contribution is -0.274. The lowest BCUT2D eigenvalue weighted by Crippen LogP contribution is -2.51. The van der Waals surface area contributed by atoms with Crippen LogP contribution < -0.4 is 25.6 Å². The summed E-state index contributed by atoms with van der Waals surface area (Å²) in [5.74, 6) is -1.09. The molecule has 1 aliphatic heterocycles. The number of hydrogen-bond acceptors (Lipinski definition) is 8. The van der Waals surface area contributed by atoms with Crippen molar-refractivity contribution in [2.45, 2.75) is 6.36 Å². The molecule has 0 bridgehead atoms. The maximum Gasteiger partial charge on any atom is 0.573 e. The smallest absolute Gasteiger partial charge is 0.406 e. The molecule has 0 unspecified atom stereocenters. The van der Waals surface area contributed by atoms with Gasteiger partial charge in [0.2, 0.25) is 11.9 Å². The number of piperazine rings is 1. The SMILES string of the molecule is COCCNc1cc(C(N)=O)nc(N2CCN(c3cccc(OC(F)(F)F)c3)C(=O)C2)n1. The molecule has 1 aromatic carbocycles. The summed E-state index contributed by atoms with van der Waals surface area (Å²) in [6.45, 7) is 1.11. The third kappa shape index (κ3) is 5.97. The summed E-state index contributed by atoms with van der Waals surface area (Å²) in [6, 6.07) is 6.57. The van der Waals surface area contributed by atoms with Crippen LogP contribution in [0.5, 0.6) is 5.75 Å². The van der Waals surface area contributed by atoms with Crippen molar-refractivity contribution in [3.05, 3.63) is 36.0 Å². The van der Waals surface area contributed by atoms with E-state index in [-0.39, 0.29) is 42.9 Å². The maximum absolute atomic E-state index is 12.7. The highest BCUT2D eigenvalue weighted by atomic mass is 19.4. The molecule has 0 saturated carbocycles. The van der Waals surface area contributed by atoms with Crippen molar-refractivity contribution < 1.29 is 32.2 Å². The quantitative estimate of drug-likeness (QED) is 0.574. The fraction of sp³-hybridized carbons (Fsp3) is 0.368. The molecule has 13 heteroatoms. The number of ether oxygens (including phenoxy) is 2. The third-order valence-electron chi connectivity index (χ3n) is 4.45. The molecule has 10 nitrogen and oxygen atoms in total. The molecule has 32 heavy (non-hydrogen) atoms. The van der Waals surface area contributed by atoms with E-state index in [4.69, 9.17) is 10.5 Å². The van der Waals surface area contributed by atoms with Crippen molar-refractivity contribution in [3.8, 4) is 5.75 Å². The van der Waals surface area contributed by atoms with Gasteiger partial charge in [-0.3, -0.25) is 9.59 Å². The first-order chi connectivity index (χ1) is 15.2. The number of rotatable bonds is 8. The monoisotopic (exact) mass is 454 g/mol. The van der Waals surface area contributed by atoms with Crippen molar-refractivity contribution in [2.75, 3.05) is 55.0 Å². The van der Waals surface area contributed by atoms with Crippen molar-refractivity contribution in [3.63, 3.8) is 0 Å². The van der Waals surface area contributed by atoms with Gasteiger partial charge in [-0.15, -0.1) is 13.2 Å². The van der Waals surface area contributed by atoms with Crippen molar-refractivity contribution in [1.82, 2.24) is 9.97 Å². The van der Waals surface area contributed by atoms with Crippen LogP contribution in [-0.2, 0) is 9.53 Å². The van der Waals surface area contributed by atoms with Crippen LogP contribution in [0.15, 0.2) is 30.3 Å². The first-order valence-corrected chi connectivity index (χ1v) is 9.49. The van der Waals surface area contributed by atoms with Gasteiger partial charge in [-0.05, 0) is 12.1 Å². The van der Waals surface area contributed by atoms with Crippen LogP contribution in [-0.4, -0.2) is 68.0 Å². The van der Waals surface area contributed by atoms with Crippen molar-refractivity contribution in [2.24, 2.45) is 5.73 Å². The molecule has 172 valence electrons. The standard InChI is InChI=1S/C19H21F3N6O4/c1-31-8-5-24-15-10-14(17(23)30)25-18(26-15)27-6-7-28(16(29)11-27)12-3-2-4-13(9-12)32-19(20,21)22/h2-4,9-10H,5-8,11H2,1H3,(H2,23,30)(H,24,25,26). The summed E-state index contributed by atoms with van der Waals surface area (Å²) in [5.41, 5.74) is 5.59. The Morgan fingerprint density at radius 3 is 2.69 bits per heavy atom. The van der Waals surface area contributed by atoms with Gasteiger partial charge in [0.1, 0.15) is 23.8 Å². The number of primary amides is 1. The number of halogens is 3. The molecule has 0 radical (unpaired) electrons. The van der Waals surface area contributed by atoms with Crippen LogP contribution in [0.25, 0.3) is 0 Å². The number of nitrogens with zero attached hydrogens (tertiary/aromatic N) is 4. The molecule has 2 heterocycles. The molecule has 0 aliphatic carbocycles. The van der Waals surface area contributed by atoms with E-state index in [0.717, 1.165) is 12.1 Å². The number of benzene rings is 1. The number of alkyl halides is 3. The highest BCUT2D eigenvalue weighted by molar-refractivity contribution is 5.98. The number of amides is 2. The number of anilines is 3. The highest BCUT2D eigenvalue weighted by Gasteiger charge is 2.32. The number of nitrogens with one attached hydrogen (secondary N) is 1. The number of aromatic nitrogens is 2. The van der Waals surface area contributed by atoms with Gasteiger partial charge in [0.05, 0.1) is 6.61 Å². The molecule has 2 aromatic rings. The minimum atomic E-state index is -4.83. The van der Waals surface area contributed by atoms with E-state index in [1.165, 1.54) is 30.2 Å². The maximum atomic E-state index is 12.7. The average molecular weight is 454 g/mol. The second-order valence-electron chi connectivity index (χ2n) is 6.73. The van der Waals surface area contributed by atoms with E-state index in [9.17, 15) is 22.8 Å². The zero-order valence-electron chi connectivity index (χ0n) is 17.1. The largest absolute Gasteiger partial charge is 0.573 e. The zero-order valence-corrected chi connectivity index (χ0v) is 17.1. The predicted molar refractivity (Wildman–Crippen MR) is 109 cm³/mol. The summed E-state index contributed by atoms with van der Waals surface area (Å²) in [5, 5.41) is 2.98. The zero-order chi connectivity index (χ0) is 23.3. The van der Waals surface area contributed by atoms with E-state index in [0.29, 0.717) is 19.0 Å². The molecular formula is C19H21F3N6O4. The minimum absolute atomic E-state index is 0.0261. The third-order valence-corrected chi connectivity index (χ3v) is 4.45. The Kier molecular flexibility index (Phi) is 6.98. The Morgan fingerprint density at radius 2 is 2.03 bits per heavy atom. The molecule has 2 amide bonds. The second-order valence-corrected chi connectivity index (χ2v) is 6.73. The first-order valence-electron chi connectivity index (χ1n) is 9.49. The molecule has 1 aromatic heterocycles. The predicted octanol–water partition coefficient (Wildman–Crippen LogP) is 1.39. The van der Waals surface area contributed by atoms with Crippen LogP contribution in [0.1, 0.15) is 10.5 Å². The van der Waals surface area contributed by atoms with E-state index < -0.39 is 18.0 Å². The number of nitrogens with two attached hydrogens (primary N) is 1. The van der Waals surface area contributed by atoms with E-state index in [1.54, 1.807) is 4.90 Å². The molecule has 1 fully saturated rings. The normalized spacial score (nSPS) is 14.4. The van der Waals surface area contributed by atoms with Crippen LogP contribution in [0, 0.1) is 0 Å². The molecule has 1 aliphatic rings. The number of hydrogen-bond donors (Lipinski definition) is 2. The van der Waals surface area contributed by atoms with Gasteiger partial charge in [-0.25, -0.2) is 4.98 Å². The summed E-state index contributed by atoms with van der Waals surface area (Å²) in [6.07, 6.45) is -4.83. The van der Waals surface area contributed by atoms with Gasteiger partial charge >= 0.3 is 6.36 Å². The fourth-order valence-electron chi connectivity index (χ4n) is 3.04. The topological polar surface area (TPSA) is 123 Å². The lowest BCUT2D eigenvalue weighted by atomic mass is 10.2. The van der Waals surface area contributed by atoms with E-state index in [2.05, 4.69) is 20.0 Å². The summed E-state index contributed by atoms with van der Waals surface area (Å²) in [7, 11) is 1.54. The minimum Gasteiger partial charge on any atom is -0.406 e. The van der Waals surface area contributed by atoms with Gasteiger partial charge in [0, 0.05) is 44.6 Å². The molecular weight excluding hydrogens is 433 g/mol. The number of carbonyl (C=O) groups excluding carboxylic acids is 2. The Balaban J connectivity index is 1.76. The van der Waals surface area contributed by atoms with Gasteiger partial charge in [-0.2, -0.15) is 4.98 Å². The van der Waals surface area contributed by atoms with Gasteiger partial charge < -0.3 is 30.3 Å². The van der Waals surface area contributed by atoms with Crippen LogP contribution in [0.3, 0.4) is 0 Å². The number of methoxy groups -OCH3 is 1. The Hall–Kier alpha value is -3.61. The van der Waals surface area contributed by atoms with Gasteiger partial charge in [-0.1, -0.05) is 6.07 Å². The summed E-state index contributed by atoms with van der Waals surface area (Å²) in [4.78, 5) is 35.7. The lowest BCUT2D eigenvalue weighted by Gasteiger charge is -2.34. The Morgan fingerprint density at radius 1 is 1.25 bits per heavy atom. The molecule has 3 N–H and O–H groups in total. The Bertz CT molecular complexity index is 988. The van der Waals surface area contributed by atoms with Gasteiger partial charge in [0.25, 0.3) is 5.91 Å². The van der Waals surface area contributed by atoms with Crippen molar-refractivity contribution in [1.29, 1.82) is 0 Å². The molecule has 0 atom stereocenters. The second kappa shape index (κ2) is 9.68. The number of carbonyl (C=O) groups is 2. The molecule has 3 rings (SSSR count). The van der Waals surface area contributed by atoms with Crippen molar-refractivity contribution >= 4 is 29.3 Å². The van der Waals surface area contributed by atoms with Crippen LogP contribution in [0.2, 0.25) is 0 Å². The first kappa shape index (κ1) is 23.1. The summed E-state index contributed by atoms with van der Waals surface area (Å²) < 4.78 is 46.3. The van der Waals surface area contributed by atoms with Gasteiger partial charge in [0.15, 0.2) is 0 Å². The molecule has 0 spiro atoms. The summed E-state index contributed by atoms with van der Waals surface area (Å²) >= 11 is 0. The Labute approximate surface area is 181 Å². The molecule has 1 saturated heterocycles. The van der Waals surface area contributed by atoms with Crippen LogP contribution >= 0.6 is 0 Å². The average Bonchev–Trinajstić information content (AvgIpc) is 2.72.